The molecule has 0 aliphatic heterocycles. The number of halogens is 1. The van der Waals surface area contributed by atoms with Gasteiger partial charge < -0.3 is 9.80 Å². The van der Waals surface area contributed by atoms with Gasteiger partial charge in [-0.2, -0.15) is 0 Å². The van der Waals surface area contributed by atoms with Crippen LogP contribution in [0.2, 0.25) is 0 Å². The highest BCUT2D eigenvalue weighted by Crippen LogP contribution is 2.31. The minimum Gasteiger partial charge on any atom is -0.365 e. The van der Waals surface area contributed by atoms with Crippen molar-refractivity contribution in [1.29, 1.82) is 0 Å². The molecule has 10 heteroatoms. The summed E-state index contributed by atoms with van der Waals surface area (Å²) in [6, 6.07) is 9.85. The lowest BCUT2D eigenvalue weighted by Crippen LogP contribution is -3.06. The topological polar surface area (TPSA) is 97.0 Å². The minimum absolute atomic E-state index is 0.101. The maximum absolute atomic E-state index is 13.9. The molecule has 2 rings (SSSR count). The second kappa shape index (κ2) is 9.09. The Morgan fingerprint density at radius 3 is 2.50 bits per heavy atom. The van der Waals surface area contributed by atoms with Crippen LogP contribution in [0.5, 0.6) is 0 Å². The first-order chi connectivity index (χ1) is 13.1. The van der Waals surface area contributed by atoms with E-state index >= 15 is 0 Å². The molecule has 0 saturated heterocycles. The Labute approximate surface area is 163 Å². The van der Waals surface area contributed by atoms with Crippen LogP contribution in [0, 0.1) is 15.9 Å². The van der Waals surface area contributed by atoms with Crippen LogP contribution in [0.1, 0.15) is 5.56 Å². The number of nitro groups is 1. The van der Waals surface area contributed by atoms with E-state index in [9.17, 15) is 22.9 Å². The molecule has 0 aliphatic rings. The molecule has 8 nitrogen and oxygen atoms in total. The van der Waals surface area contributed by atoms with E-state index in [1.54, 1.807) is 25.2 Å². The summed E-state index contributed by atoms with van der Waals surface area (Å²) in [5.41, 5.74) is 0.216. The van der Waals surface area contributed by atoms with E-state index in [1.807, 2.05) is 14.1 Å². The lowest BCUT2D eigenvalue weighted by atomic mass is 10.2. The summed E-state index contributed by atoms with van der Waals surface area (Å²) < 4.78 is 41.1. The fourth-order valence-corrected chi connectivity index (χ4v) is 3.68. The van der Waals surface area contributed by atoms with Crippen LogP contribution in [-0.4, -0.2) is 47.6 Å². The number of sulfonamides is 1. The maximum Gasteiger partial charge on any atom is 0.293 e. The van der Waals surface area contributed by atoms with Gasteiger partial charge in [0, 0.05) is 25.2 Å². The standard InChI is InChI=1S/C18H23FN4O4S/c1-21(2)11-10-20-28(26,27)15-8-9-17(18(12-15)23(24)25)22(3)13-14-6-4-5-7-16(14)19/h4-9,12,20H,10-11,13H2,1-3H3/p+1. The molecular formula is C18H24FN4O4S+. The number of quaternary nitrogens is 1. The van der Waals surface area contributed by atoms with E-state index < -0.39 is 20.8 Å². The van der Waals surface area contributed by atoms with Gasteiger partial charge in [0.2, 0.25) is 10.0 Å². The number of nitro benzene ring substituents is 1. The Kier molecular flexibility index (Phi) is 7.05. The predicted molar refractivity (Wildman–Crippen MR) is 104 cm³/mol. The molecule has 0 radical (unpaired) electrons. The van der Waals surface area contributed by atoms with Crippen LogP contribution in [0.3, 0.4) is 0 Å². The number of rotatable bonds is 9. The summed E-state index contributed by atoms with van der Waals surface area (Å²) in [6.07, 6.45) is 0. The van der Waals surface area contributed by atoms with Gasteiger partial charge in [0.25, 0.3) is 5.69 Å². The largest absolute Gasteiger partial charge is 0.365 e. The van der Waals surface area contributed by atoms with E-state index in [4.69, 9.17) is 0 Å². The van der Waals surface area contributed by atoms with Crippen molar-refractivity contribution in [3.63, 3.8) is 0 Å². The van der Waals surface area contributed by atoms with Crippen molar-refractivity contribution in [3.05, 3.63) is 64.0 Å². The number of nitrogens with one attached hydrogen (secondary N) is 2. The lowest BCUT2D eigenvalue weighted by molar-refractivity contribution is -0.856. The monoisotopic (exact) mass is 411 g/mol. The number of hydrogen-bond donors (Lipinski definition) is 2. The van der Waals surface area contributed by atoms with Crippen LogP contribution in [0.4, 0.5) is 15.8 Å². The number of benzene rings is 2. The molecule has 2 aromatic carbocycles. The summed E-state index contributed by atoms with van der Waals surface area (Å²) in [6.45, 7) is 0.891. The molecule has 0 fully saturated rings. The molecule has 2 N–H and O–H groups in total. The zero-order valence-electron chi connectivity index (χ0n) is 16.0. The van der Waals surface area contributed by atoms with Gasteiger partial charge in [-0.1, -0.05) is 18.2 Å². The number of likely N-dealkylation sites (N-methyl/N-ethyl adjacent to an activating group) is 1. The maximum atomic E-state index is 13.9. The van der Waals surface area contributed by atoms with Crippen LogP contribution < -0.4 is 14.5 Å². The highest BCUT2D eigenvalue weighted by atomic mass is 32.2. The summed E-state index contributed by atoms with van der Waals surface area (Å²) >= 11 is 0. The Hall–Kier alpha value is -2.56. The summed E-state index contributed by atoms with van der Waals surface area (Å²) in [5.74, 6) is -0.413. The van der Waals surface area contributed by atoms with Crippen molar-refractivity contribution >= 4 is 21.4 Å². The number of anilines is 1. The van der Waals surface area contributed by atoms with Gasteiger partial charge in [0.05, 0.1) is 37.0 Å². The van der Waals surface area contributed by atoms with E-state index in [1.165, 1.54) is 23.1 Å². The molecule has 2 aromatic rings. The van der Waals surface area contributed by atoms with Gasteiger partial charge >= 0.3 is 0 Å². The summed E-state index contributed by atoms with van der Waals surface area (Å²) in [4.78, 5) is 13.3. The first kappa shape index (κ1) is 21.7. The fraction of sp³-hybridized carbons (Fsp3) is 0.333. The van der Waals surface area contributed by atoms with Crippen molar-refractivity contribution in [2.24, 2.45) is 0 Å². The Morgan fingerprint density at radius 1 is 1.21 bits per heavy atom. The van der Waals surface area contributed by atoms with Gasteiger partial charge in [-0.3, -0.25) is 10.1 Å². The Balaban J connectivity index is 2.30. The van der Waals surface area contributed by atoms with Crippen molar-refractivity contribution in [2.75, 3.05) is 39.1 Å². The second-order valence-corrected chi connectivity index (χ2v) is 8.48. The third kappa shape index (κ3) is 5.47. The zero-order valence-corrected chi connectivity index (χ0v) is 16.8. The highest BCUT2D eigenvalue weighted by Gasteiger charge is 2.23. The average molecular weight is 411 g/mol. The van der Waals surface area contributed by atoms with Crippen molar-refractivity contribution in [3.8, 4) is 0 Å². The zero-order chi connectivity index (χ0) is 20.9. The Bertz CT molecular complexity index is 950. The van der Waals surface area contributed by atoms with Gasteiger partial charge in [-0.05, 0) is 18.2 Å². The molecule has 0 aromatic heterocycles. The van der Waals surface area contributed by atoms with Crippen molar-refractivity contribution in [1.82, 2.24) is 4.72 Å². The van der Waals surface area contributed by atoms with Crippen LogP contribution in [-0.2, 0) is 16.6 Å². The van der Waals surface area contributed by atoms with E-state index in [0.29, 0.717) is 12.1 Å². The SMILES string of the molecule is CN(Cc1ccccc1F)c1ccc(S(=O)(=O)NCC[NH+](C)C)cc1[N+](=O)[O-]. The van der Waals surface area contributed by atoms with E-state index in [-0.39, 0.29) is 29.4 Å². The highest BCUT2D eigenvalue weighted by molar-refractivity contribution is 7.89. The Morgan fingerprint density at radius 2 is 1.89 bits per heavy atom. The molecule has 0 aliphatic carbocycles. The molecule has 0 unspecified atom stereocenters. The molecule has 0 spiro atoms. The van der Waals surface area contributed by atoms with Crippen molar-refractivity contribution < 1.29 is 22.6 Å². The van der Waals surface area contributed by atoms with Gasteiger partial charge in [0.15, 0.2) is 0 Å². The van der Waals surface area contributed by atoms with Gasteiger partial charge in [0.1, 0.15) is 11.5 Å². The molecular weight excluding hydrogens is 387 g/mol. The van der Waals surface area contributed by atoms with Gasteiger partial charge in [-0.25, -0.2) is 17.5 Å². The fourth-order valence-electron chi connectivity index (χ4n) is 2.63. The number of hydrogen-bond acceptors (Lipinski definition) is 5. The minimum atomic E-state index is -3.87. The van der Waals surface area contributed by atoms with Crippen LogP contribution in [0.15, 0.2) is 47.4 Å². The second-order valence-electron chi connectivity index (χ2n) is 6.71. The first-order valence-electron chi connectivity index (χ1n) is 8.63. The third-order valence-electron chi connectivity index (χ3n) is 4.15. The molecule has 0 bridgehead atoms. The quantitative estimate of drug-likeness (QED) is 0.470. The van der Waals surface area contributed by atoms with E-state index in [0.717, 1.165) is 11.0 Å². The van der Waals surface area contributed by atoms with Crippen molar-refractivity contribution in [2.45, 2.75) is 11.4 Å². The molecule has 0 atom stereocenters. The molecule has 28 heavy (non-hydrogen) atoms. The lowest BCUT2D eigenvalue weighted by Gasteiger charge is -2.20. The van der Waals surface area contributed by atoms with E-state index in [2.05, 4.69) is 4.72 Å². The summed E-state index contributed by atoms with van der Waals surface area (Å²) in [7, 11) is 1.49. The van der Waals surface area contributed by atoms with Crippen LogP contribution in [0.25, 0.3) is 0 Å². The van der Waals surface area contributed by atoms with Crippen LogP contribution >= 0.6 is 0 Å². The smallest absolute Gasteiger partial charge is 0.293 e. The first-order valence-corrected chi connectivity index (χ1v) is 10.1. The molecule has 0 heterocycles. The number of nitrogens with zero attached hydrogens (tertiary/aromatic N) is 2. The normalized spacial score (nSPS) is 11.6. The summed E-state index contributed by atoms with van der Waals surface area (Å²) in [5, 5.41) is 11.5. The third-order valence-corrected chi connectivity index (χ3v) is 5.61. The molecule has 0 amide bonds. The molecule has 0 saturated carbocycles. The molecule has 152 valence electrons. The average Bonchev–Trinajstić information content (AvgIpc) is 2.62. The van der Waals surface area contributed by atoms with Gasteiger partial charge in [-0.15, -0.1) is 0 Å². The predicted octanol–water partition coefficient (Wildman–Crippen LogP) is 0.793.